The molecule has 0 aliphatic rings. The number of nitrogens with one attached hydrogen (secondary N) is 1. The Kier molecular flexibility index (Phi) is 2.60. The van der Waals surface area contributed by atoms with Crippen molar-refractivity contribution in [1.82, 2.24) is 24.7 Å². The Labute approximate surface area is 102 Å². The maximum atomic E-state index is 12.2. The number of rotatable bonds is 3. The Balaban J connectivity index is 1.93. The van der Waals surface area contributed by atoms with E-state index in [9.17, 15) is 4.79 Å². The summed E-state index contributed by atoms with van der Waals surface area (Å²) in [5.74, 6) is 0. The van der Waals surface area contributed by atoms with Crippen LogP contribution in [0.4, 0.5) is 0 Å². The van der Waals surface area contributed by atoms with E-state index in [-0.39, 0.29) is 5.56 Å². The van der Waals surface area contributed by atoms with E-state index < -0.39 is 0 Å². The van der Waals surface area contributed by atoms with Crippen LogP contribution in [0.25, 0.3) is 10.9 Å². The van der Waals surface area contributed by atoms with Gasteiger partial charge in [-0.2, -0.15) is 5.10 Å². The van der Waals surface area contributed by atoms with E-state index in [0.29, 0.717) is 17.4 Å². The number of aryl methyl sites for hydroxylation is 2. The predicted octanol–water partition coefficient (Wildman–Crippen LogP) is 0.757. The largest absolute Gasteiger partial charge is 0.298 e. The van der Waals surface area contributed by atoms with Crippen LogP contribution in [0.1, 0.15) is 5.56 Å². The molecule has 6 nitrogen and oxygen atoms in total. The highest BCUT2D eigenvalue weighted by atomic mass is 16.1. The Hall–Kier alpha value is -2.50. The Morgan fingerprint density at radius 2 is 2.28 bits per heavy atom. The molecule has 0 spiro atoms. The van der Waals surface area contributed by atoms with Crippen molar-refractivity contribution in [2.75, 3.05) is 0 Å². The molecule has 3 aromatic heterocycles. The lowest BCUT2D eigenvalue weighted by Gasteiger charge is -2.04. The zero-order valence-corrected chi connectivity index (χ0v) is 9.58. The highest BCUT2D eigenvalue weighted by Crippen LogP contribution is 2.03. The fourth-order valence-electron chi connectivity index (χ4n) is 1.83. The fraction of sp³-hybridized carbons (Fsp3) is 0.167. The molecule has 0 aromatic carbocycles. The molecule has 0 saturated carbocycles. The average molecular weight is 241 g/mol. The van der Waals surface area contributed by atoms with Gasteiger partial charge >= 0.3 is 0 Å². The molecular weight excluding hydrogens is 230 g/mol. The van der Waals surface area contributed by atoms with Gasteiger partial charge < -0.3 is 0 Å². The first-order valence-electron chi connectivity index (χ1n) is 5.61. The van der Waals surface area contributed by atoms with Crippen LogP contribution in [0.3, 0.4) is 0 Å². The highest BCUT2D eigenvalue weighted by Gasteiger charge is 2.04. The number of nitrogens with zero attached hydrogens (tertiary/aromatic N) is 4. The number of fused-ring (bicyclic) bond motifs is 1. The van der Waals surface area contributed by atoms with Crippen molar-refractivity contribution in [3.05, 3.63) is 53.1 Å². The van der Waals surface area contributed by atoms with Gasteiger partial charge in [-0.3, -0.25) is 19.4 Å². The number of H-pyrrole nitrogens is 1. The van der Waals surface area contributed by atoms with Crippen LogP contribution < -0.4 is 5.56 Å². The van der Waals surface area contributed by atoms with Crippen molar-refractivity contribution in [1.29, 1.82) is 0 Å². The molecule has 0 atom stereocenters. The molecule has 0 unspecified atom stereocenters. The van der Waals surface area contributed by atoms with Crippen LogP contribution >= 0.6 is 0 Å². The quantitative estimate of drug-likeness (QED) is 0.734. The lowest BCUT2D eigenvalue weighted by Crippen LogP contribution is -2.21. The molecule has 90 valence electrons. The summed E-state index contributed by atoms with van der Waals surface area (Å²) in [5, 5.41) is 7.22. The Bertz CT molecular complexity index is 717. The van der Waals surface area contributed by atoms with Gasteiger partial charge in [0.15, 0.2) is 0 Å². The molecule has 3 aromatic rings. The fourth-order valence-corrected chi connectivity index (χ4v) is 1.83. The third-order valence-electron chi connectivity index (χ3n) is 2.82. The van der Waals surface area contributed by atoms with Crippen LogP contribution in [0.2, 0.25) is 0 Å². The van der Waals surface area contributed by atoms with Crippen molar-refractivity contribution in [3.8, 4) is 0 Å². The molecule has 6 heteroatoms. The van der Waals surface area contributed by atoms with Gasteiger partial charge in [0.25, 0.3) is 5.56 Å². The summed E-state index contributed by atoms with van der Waals surface area (Å²) in [6.45, 7) is 0.587. The molecule has 0 aliphatic carbocycles. The second-order valence-electron chi connectivity index (χ2n) is 3.99. The van der Waals surface area contributed by atoms with Gasteiger partial charge in [-0.25, -0.2) is 4.98 Å². The summed E-state index contributed by atoms with van der Waals surface area (Å²) in [6.07, 6.45) is 9.08. The normalized spacial score (nSPS) is 10.9. The standard InChI is InChI=1S/C12H11N5O/c18-12-10-1-3-13-7-11(10)14-8-17(12)4-2-9-5-15-16-6-9/h1,3,5-8H,2,4H2,(H,15,16). The van der Waals surface area contributed by atoms with E-state index in [4.69, 9.17) is 0 Å². The third kappa shape index (κ3) is 1.88. The van der Waals surface area contributed by atoms with Crippen LogP contribution in [0.5, 0.6) is 0 Å². The molecule has 3 heterocycles. The van der Waals surface area contributed by atoms with E-state index in [1.807, 2.05) is 6.20 Å². The maximum absolute atomic E-state index is 12.2. The average Bonchev–Trinajstić information content (AvgIpc) is 2.91. The van der Waals surface area contributed by atoms with Crippen LogP contribution in [-0.4, -0.2) is 24.7 Å². The van der Waals surface area contributed by atoms with Gasteiger partial charge in [0.05, 0.1) is 29.6 Å². The predicted molar refractivity (Wildman–Crippen MR) is 66.1 cm³/mol. The molecule has 0 bridgehead atoms. The molecular formula is C12H11N5O. The van der Waals surface area contributed by atoms with Crippen molar-refractivity contribution in [2.24, 2.45) is 0 Å². The second kappa shape index (κ2) is 4.40. The summed E-state index contributed by atoms with van der Waals surface area (Å²) < 4.78 is 1.61. The summed E-state index contributed by atoms with van der Waals surface area (Å²) in [5.41, 5.74) is 1.66. The molecule has 3 rings (SSSR count). The zero-order valence-electron chi connectivity index (χ0n) is 9.58. The van der Waals surface area contributed by atoms with Crippen LogP contribution in [0, 0.1) is 0 Å². The van der Waals surface area contributed by atoms with E-state index in [0.717, 1.165) is 12.0 Å². The van der Waals surface area contributed by atoms with E-state index >= 15 is 0 Å². The van der Waals surface area contributed by atoms with Gasteiger partial charge in [0.1, 0.15) is 0 Å². The lowest BCUT2D eigenvalue weighted by atomic mass is 10.2. The third-order valence-corrected chi connectivity index (χ3v) is 2.82. The first-order valence-corrected chi connectivity index (χ1v) is 5.61. The van der Waals surface area contributed by atoms with Gasteiger partial charge in [0, 0.05) is 18.9 Å². The highest BCUT2D eigenvalue weighted by molar-refractivity contribution is 5.75. The van der Waals surface area contributed by atoms with Crippen LogP contribution in [0.15, 0.2) is 42.0 Å². The summed E-state index contributed by atoms with van der Waals surface area (Å²) >= 11 is 0. The maximum Gasteiger partial charge on any atom is 0.261 e. The van der Waals surface area contributed by atoms with Crippen molar-refractivity contribution < 1.29 is 0 Å². The van der Waals surface area contributed by atoms with Crippen LogP contribution in [-0.2, 0) is 13.0 Å². The molecule has 0 saturated heterocycles. The molecule has 1 N–H and O–H groups in total. The van der Waals surface area contributed by atoms with Gasteiger partial charge in [0.2, 0.25) is 0 Å². The van der Waals surface area contributed by atoms with Crippen molar-refractivity contribution in [2.45, 2.75) is 13.0 Å². The Morgan fingerprint density at radius 3 is 3.11 bits per heavy atom. The topological polar surface area (TPSA) is 76.5 Å². The number of aromatic amines is 1. The molecule has 0 aliphatic heterocycles. The smallest absolute Gasteiger partial charge is 0.261 e. The number of aromatic nitrogens is 5. The molecule has 18 heavy (non-hydrogen) atoms. The van der Waals surface area contributed by atoms with Gasteiger partial charge in [-0.05, 0) is 18.1 Å². The number of hydrogen-bond acceptors (Lipinski definition) is 4. The summed E-state index contributed by atoms with van der Waals surface area (Å²) in [6, 6.07) is 1.69. The van der Waals surface area contributed by atoms with E-state index in [1.54, 1.807) is 35.6 Å². The van der Waals surface area contributed by atoms with Gasteiger partial charge in [-0.1, -0.05) is 0 Å². The van der Waals surface area contributed by atoms with Gasteiger partial charge in [-0.15, -0.1) is 0 Å². The minimum absolute atomic E-state index is 0.0362. The minimum Gasteiger partial charge on any atom is -0.298 e. The van der Waals surface area contributed by atoms with Crippen molar-refractivity contribution in [3.63, 3.8) is 0 Å². The number of pyridine rings is 1. The van der Waals surface area contributed by atoms with E-state index in [1.165, 1.54) is 0 Å². The first-order chi connectivity index (χ1) is 8.84. The first kappa shape index (κ1) is 10.6. The zero-order chi connectivity index (χ0) is 12.4. The van der Waals surface area contributed by atoms with E-state index in [2.05, 4.69) is 20.2 Å². The lowest BCUT2D eigenvalue weighted by molar-refractivity contribution is 0.662. The SMILES string of the molecule is O=c1c2ccncc2ncn1CCc1cn[nH]c1. The molecule has 0 fully saturated rings. The van der Waals surface area contributed by atoms with Crippen molar-refractivity contribution >= 4 is 10.9 Å². The summed E-state index contributed by atoms with van der Waals surface area (Å²) in [7, 11) is 0. The summed E-state index contributed by atoms with van der Waals surface area (Å²) in [4.78, 5) is 20.3. The minimum atomic E-state index is -0.0362. The molecule has 0 amide bonds. The molecule has 0 radical (unpaired) electrons. The monoisotopic (exact) mass is 241 g/mol. The Morgan fingerprint density at radius 1 is 1.33 bits per heavy atom. The second-order valence-corrected chi connectivity index (χ2v) is 3.99. The number of hydrogen-bond donors (Lipinski definition) is 1.